The molecule has 0 bridgehead atoms. The number of benzene rings is 2. The van der Waals surface area contributed by atoms with Crippen LogP contribution in [0.15, 0.2) is 78.1 Å². The van der Waals surface area contributed by atoms with Crippen LogP contribution in [0.4, 0.5) is 5.82 Å². The van der Waals surface area contributed by atoms with E-state index in [0.29, 0.717) is 34.8 Å². The number of rotatable bonds is 9. The van der Waals surface area contributed by atoms with E-state index in [0.717, 1.165) is 43.2 Å². The number of fused-ring (bicyclic) bond motifs is 1. The van der Waals surface area contributed by atoms with Gasteiger partial charge in [0.1, 0.15) is 11.5 Å². The molecule has 1 fully saturated rings. The predicted octanol–water partition coefficient (Wildman–Crippen LogP) is 5.85. The van der Waals surface area contributed by atoms with Gasteiger partial charge in [0, 0.05) is 29.5 Å². The molecule has 0 aliphatic heterocycles. The highest BCUT2D eigenvalue weighted by Crippen LogP contribution is 2.32. The number of nitrogens with one attached hydrogen (secondary N) is 2. The SMILES string of the molecule is N#Cc1ccc(-c2nc3c(C(=O)NC(CC(=O)N=O)C4CCCCC4)cccn3c2NCc2ccccc2)cc1. The molecule has 5 rings (SSSR count). The Kier molecular flexibility index (Phi) is 8.26. The number of carbonyl (C=O) groups excluding carboxylic acids is 2. The van der Waals surface area contributed by atoms with E-state index < -0.39 is 11.9 Å². The summed E-state index contributed by atoms with van der Waals surface area (Å²) in [6.07, 6.45) is 6.69. The monoisotopic (exact) mass is 534 g/mol. The highest BCUT2D eigenvalue weighted by molar-refractivity contribution is 6.01. The molecule has 202 valence electrons. The molecular formula is C31H30N6O3. The van der Waals surface area contributed by atoms with Crippen molar-refractivity contribution in [3.63, 3.8) is 0 Å². The maximum atomic E-state index is 13.7. The topological polar surface area (TPSA) is 129 Å². The number of nitriles is 1. The minimum atomic E-state index is -0.759. The molecule has 1 aliphatic carbocycles. The molecule has 1 unspecified atom stereocenters. The number of nitrogens with zero attached hydrogens (tertiary/aromatic N) is 4. The van der Waals surface area contributed by atoms with E-state index in [-0.39, 0.29) is 18.2 Å². The molecule has 40 heavy (non-hydrogen) atoms. The molecule has 0 radical (unpaired) electrons. The zero-order chi connectivity index (χ0) is 27.9. The standard InChI is InChI=1S/C31H30N6O3/c32-19-21-13-15-24(16-14-21)28-30(33-20-22-8-3-1-4-9-22)37-17-7-12-25(29(37)35-28)31(39)34-26(18-27(38)36-40)23-10-5-2-6-11-23/h1,3-4,7-9,12-17,23,26,33H,2,5-6,10-11,18,20H2,(H,34,39). The number of nitroso groups, excluding NO2 is 1. The molecule has 2 N–H and O–H groups in total. The van der Waals surface area contributed by atoms with Gasteiger partial charge >= 0.3 is 0 Å². The van der Waals surface area contributed by atoms with E-state index in [1.165, 1.54) is 0 Å². The van der Waals surface area contributed by atoms with Crippen molar-refractivity contribution in [2.24, 2.45) is 11.1 Å². The van der Waals surface area contributed by atoms with Crippen LogP contribution in [0.25, 0.3) is 16.9 Å². The third-order valence-corrected chi connectivity index (χ3v) is 7.52. The third-order valence-electron chi connectivity index (χ3n) is 7.52. The number of carbonyl (C=O) groups is 2. The molecule has 2 amide bonds. The number of amides is 2. The summed E-state index contributed by atoms with van der Waals surface area (Å²) in [5, 5.41) is 18.3. The predicted molar refractivity (Wildman–Crippen MR) is 152 cm³/mol. The van der Waals surface area contributed by atoms with Crippen LogP contribution in [-0.2, 0) is 11.3 Å². The Bertz CT molecular complexity index is 1550. The van der Waals surface area contributed by atoms with Gasteiger partial charge in [-0.25, -0.2) is 4.98 Å². The quantitative estimate of drug-likeness (QED) is 0.259. The Hall–Kier alpha value is -4.84. The third kappa shape index (κ3) is 5.91. The maximum Gasteiger partial charge on any atom is 0.288 e. The zero-order valence-electron chi connectivity index (χ0n) is 22.0. The number of anilines is 1. The van der Waals surface area contributed by atoms with Gasteiger partial charge in [0.25, 0.3) is 11.8 Å². The second-order valence-corrected chi connectivity index (χ2v) is 10.1. The Morgan fingerprint density at radius 3 is 2.48 bits per heavy atom. The maximum absolute atomic E-state index is 13.7. The molecule has 1 saturated carbocycles. The van der Waals surface area contributed by atoms with Crippen molar-refractivity contribution in [1.82, 2.24) is 14.7 Å². The molecule has 4 aromatic rings. The molecule has 1 aliphatic rings. The summed E-state index contributed by atoms with van der Waals surface area (Å²) in [7, 11) is 0. The lowest BCUT2D eigenvalue weighted by Gasteiger charge is -2.30. The fourth-order valence-corrected chi connectivity index (χ4v) is 5.44. The first-order valence-electron chi connectivity index (χ1n) is 13.5. The summed E-state index contributed by atoms with van der Waals surface area (Å²) in [5.74, 6) is -0.293. The Morgan fingerprint density at radius 1 is 1.02 bits per heavy atom. The second kappa shape index (κ2) is 12.3. The summed E-state index contributed by atoms with van der Waals surface area (Å²) in [6, 6.07) is 22.3. The lowest BCUT2D eigenvalue weighted by Crippen LogP contribution is -2.42. The van der Waals surface area contributed by atoms with Crippen LogP contribution in [0.3, 0.4) is 0 Å². The van der Waals surface area contributed by atoms with E-state index in [1.54, 1.807) is 24.3 Å². The van der Waals surface area contributed by atoms with E-state index in [9.17, 15) is 19.8 Å². The van der Waals surface area contributed by atoms with Gasteiger partial charge in [-0.2, -0.15) is 5.26 Å². The number of imidazole rings is 1. The first kappa shape index (κ1) is 26.8. The van der Waals surface area contributed by atoms with Gasteiger partial charge in [0.05, 0.1) is 23.6 Å². The molecule has 2 aromatic heterocycles. The molecule has 2 aromatic carbocycles. The molecular weight excluding hydrogens is 504 g/mol. The minimum Gasteiger partial charge on any atom is -0.365 e. The van der Waals surface area contributed by atoms with Crippen LogP contribution >= 0.6 is 0 Å². The summed E-state index contributed by atoms with van der Waals surface area (Å²) in [5.41, 5.74) is 3.88. The van der Waals surface area contributed by atoms with Gasteiger partial charge < -0.3 is 10.6 Å². The molecule has 0 saturated heterocycles. The normalized spacial score (nSPS) is 14.3. The van der Waals surface area contributed by atoms with Crippen molar-refractivity contribution in [3.8, 4) is 17.3 Å². The van der Waals surface area contributed by atoms with Crippen LogP contribution < -0.4 is 10.6 Å². The smallest absolute Gasteiger partial charge is 0.288 e. The lowest BCUT2D eigenvalue weighted by molar-refractivity contribution is -0.118. The highest BCUT2D eigenvalue weighted by Gasteiger charge is 2.29. The van der Waals surface area contributed by atoms with Gasteiger partial charge in [-0.05, 0) is 48.6 Å². The minimum absolute atomic E-state index is 0.111. The number of hydrogen-bond donors (Lipinski definition) is 2. The summed E-state index contributed by atoms with van der Waals surface area (Å²) in [4.78, 5) is 41.4. The van der Waals surface area contributed by atoms with Crippen molar-refractivity contribution in [2.75, 3.05) is 5.32 Å². The van der Waals surface area contributed by atoms with Crippen LogP contribution in [-0.4, -0.2) is 27.2 Å². The average molecular weight is 535 g/mol. The average Bonchev–Trinajstić information content (AvgIpc) is 3.39. The van der Waals surface area contributed by atoms with Crippen molar-refractivity contribution < 1.29 is 9.59 Å². The van der Waals surface area contributed by atoms with Gasteiger partial charge in [-0.15, -0.1) is 4.91 Å². The number of aromatic nitrogens is 2. The van der Waals surface area contributed by atoms with E-state index >= 15 is 0 Å². The van der Waals surface area contributed by atoms with Gasteiger partial charge in [0.15, 0.2) is 5.65 Å². The molecule has 9 nitrogen and oxygen atoms in total. The highest BCUT2D eigenvalue weighted by atomic mass is 16.3. The van der Waals surface area contributed by atoms with Crippen molar-refractivity contribution in [1.29, 1.82) is 5.26 Å². The molecule has 1 atom stereocenters. The van der Waals surface area contributed by atoms with E-state index in [1.807, 2.05) is 53.1 Å². The van der Waals surface area contributed by atoms with Gasteiger partial charge in [-0.3, -0.25) is 14.0 Å². The van der Waals surface area contributed by atoms with E-state index in [4.69, 9.17) is 4.98 Å². The van der Waals surface area contributed by atoms with Crippen LogP contribution in [0.2, 0.25) is 0 Å². The van der Waals surface area contributed by atoms with Crippen molar-refractivity contribution >= 4 is 23.3 Å². The molecule has 9 heteroatoms. The Labute approximate surface area is 232 Å². The Balaban J connectivity index is 1.52. The van der Waals surface area contributed by atoms with Crippen LogP contribution in [0.5, 0.6) is 0 Å². The zero-order valence-corrected chi connectivity index (χ0v) is 22.0. The fourth-order valence-electron chi connectivity index (χ4n) is 5.44. The van der Waals surface area contributed by atoms with Crippen LogP contribution in [0.1, 0.15) is 60.0 Å². The first-order valence-corrected chi connectivity index (χ1v) is 13.5. The van der Waals surface area contributed by atoms with Gasteiger partial charge in [0.2, 0.25) is 0 Å². The van der Waals surface area contributed by atoms with Gasteiger partial charge in [-0.1, -0.05) is 61.7 Å². The summed E-state index contributed by atoms with van der Waals surface area (Å²) < 4.78 is 1.85. The fraction of sp³-hybridized carbons (Fsp3) is 0.290. The van der Waals surface area contributed by atoms with E-state index in [2.05, 4.69) is 21.9 Å². The lowest BCUT2D eigenvalue weighted by atomic mass is 9.82. The molecule has 0 spiro atoms. The number of pyridine rings is 1. The Morgan fingerprint density at radius 2 is 1.77 bits per heavy atom. The van der Waals surface area contributed by atoms with Crippen molar-refractivity contribution in [3.05, 3.63) is 94.5 Å². The first-order chi connectivity index (χ1) is 19.6. The largest absolute Gasteiger partial charge is 0.365 e. The summed E-state index contributed by atoms with van der Waals surface area (Å²) >= 11 is 0. The van der Waals surface area contributed by atoms with Crippen LogP contribution in [0, 0.1) is 22.2 Å². The number of hydrogen-bond acceptors (Lipinski definition) is 6. The second-order valence-electron chi connectivity index (χ2n) is 10.1. The van der Waals surface area contributed by atoms with Crippen molar-refractivity contribution in [2.45, 2.75) is 51.1 Å². The summed E-state index contributed by atoms with van der Waals surface area (Å²) in [6.45, 7) is 0.541. The molecule has 2 heterocycles.